The van der Waals surface area contributed by atoms with Crippen LogP contribution < -0.4 is 10.1 Å². The van der Waals surface area contributed by atoms with Gasteiger partial charge in [-0.2, -0.15) is 0 Å². The van der Waals surface area contributed by atoms with Gasteiger partial charge in [0.15, 0.2) is 5.96 Å². The zero-order valence-electron chi connectivity index (χ0n) is 19.2. The Kier molecular flexibility index (Phi) is 14.1. The van der Waals surface area contributed by atoms with E-state index in [0.29, 0.717) is 0 Å². The summed E-state index contributed by atoms with van der Waals surface area (Å²) in [6.45, 7) is 11.8. The highest BCUT2D eigenvalue weighted by molar-refractivity contribution is 14.0. The molecule has 1 aliphatic rings. The largest absolute Gasteiger partial charge is 0.492 e. The van der Waals surface area contributed by atoms with Gasteiger partial charge in [-0.25, -0.2) is 0 Å². The summed E-state index contributed by atoms with van der Waals surface area (Å²) in [5, 5.41) is 3.47. The van der Waals surface area contributed by atoms with Crippen molar-refractivity contribution >= 4 is 29.9 Å². The fourth-order valence-corrected chi connectivity index (χ4v) is 3.62. The average Bonchev–Trinajstić information content (AvgIpc) is 2.77. The number of hydrogen-bond acceptors (Lipinski definition) is 4. The lowest BCUT2D eigenvalue weighted by atomic mass is 9.96. The first-order chi connectivity index (χ1) is 14.2. The molecule has 0 aromatic heterocycles. The highest BCUT2D eigenvalue weighted by atomic mass is 127. The average molecular weight is 533 g/mol. The van der Waals surface area contributed by atoms with Gasteiger partial charge in [-0.05, 0) is 56.0 Å². The van der Waals surface area contributed by atoms with Crippen LogP contribution in [0.4, 0.5) is 0 Å². The molecule has 0 atom stereocenters. The lowest BCUT2D eigenvalue weighted by molar-refractivity contribution is 0.0625. The molecule has 1 heterocycles. The van der Waals surface area contributed by atoms with Crippen LogP contribution in [-0.4, -0.2) is 75.9 Å². The molecular weight excluding hydrogens is 491 g/mol. The van der Waals surface area contributed by atoms with Crippen molar-refractivity contribution in [2.45, 2.75) is 39.7 Å². The van der Waals surface area contributed by atoms with Crippen LogP contribution in [0.15, 0.2) is 29.3 Å². The molecule has 1 fully saturated rings. The lowest BCUT2D eigenvalue weighted by Crippen LogP contribution is -2.39. The van der Waals surface area contributed by atoms with Gasteiger partial charge in [0.1, 0.15) is 12.4 Å². The van der Waals surface area contributed by atoms with Crippen LogP contribution in [0.5, 0.6) is 5.75 Å². The van der Waals surface area contributed by atoms with E-state index in [0.717, 1.165) is 70.2 Å². The summed E-state index contributed by atoms with van der Waals surface area (Å²) in [6, 6.07) is 8.35. The number of rotatable bonds is 11. The van der Waals surface area contributed by atoms with E-state index in [4.69, 9.17) is 9.47 Å². The molecule has 0 saturated carbocycles. The second kappa shape index (κ2) is 15.7. The molecule has 1 aromatic carbocycles. The summed E-state index contributed by atoms with van der Waals surface area (Å²) in [7, 11) is 3.96. The molecule has 0 radical (unpaired) electrons. The van der Waals surface area contributed by atoms with Crippen molar-refractivity contribution in [2.24, 2.45) is 10.9 Å². The van der Waals surface area contributed by atoms with Gasteiger partial charge >= 0.3 is 0 Å². The zero-order chi connectivity index (χ0) is 20.9. The third-order valence-corrected chi connectivity index (χ3v) is 5.73. The minimum atomic E-state index is 0. The molecule has 2 rings (SSSR count). The maximum absolute atomic E-state index is 5.87. The molecule has 6 nitrogen and oxygen atoms in total. The van der Waals surface area contributed by atoms with E-state index in [1.165, 1.54) is 24.8 Å². The second-order valence-corrected chi connectivity index (χ2v) is 7.69. The number of hydrogen-bond donors (Lipinski definition) is 1. The van der Waals surface area contributed by atoms with Gasteiger partial charge in [0.2, 0.25) is 0 Å². The van der Waals surface area contributed by atoms with Crippen molar-refractivity contribution in [3.05, 3.63) is 29.8 Å². The number of likely N-dealkylation sites (N-methyl/N-ethyl adjacent to an activating group) is 1. The highest BCUT2D eigenvalue weighted by Crippen LogP contribution is 2.18. The third kappa shape index (κ3) is 9.83. The van der Waals surface area contributed by atoms with Crippen molar-refractivity contribution in [3.8, 4) is 5.75 Å². The number of aliphatic imine (C=N–C) groups is 1. The van der Waals surface area contributed by atoms with Crippen LogP contribution in [0.1, 0.15) is 38.7 Å². The Balaban J connectivity index is 0.00000450. The zero-order valence-corrected chi connectivity index (χ0v) is 21.6. The van der Waals surface area contributed by atoms with E-state index >= 15 is 0 Å². The van der Waals surface area contributed by atoms with Gasteiger partial charge in [-0.1, -0.05) is 26.0 Å². The summed E-state index contributed by atoms with van der Waals surface area (Å²) in [4.78, 5) is 9.02. The highest BCUT2D eigenvalue weighted by Gasteiger charge is 2.15. The number of nitrogens with one attached hydrogen (secondary N) is 1. The molecule has 1 saturated heterocycles. The molecule has 172 valence electrons. The fraction of sp³-hybridized carbons (Fsp3) is 0.696. The lowest BCUT2D eigenvalue weighted by Gasteiger charge is -2.26. The van der Waals surface area contributed by atoms with Crippen LogP contribution in [0.25, 0.3) is 0 Å². The summed E-state index contributed by atoms with van der Waals surface area (Å²) in [6.07, 6.45) is 3.56. The summed E-state index contributed by atoms with van der Waals surface area (Å²) >= 11 is 0. The Labute approximate surface area is 200 Å². The molecule has 1 aliphatic heterocycles. The Hall–Kier alpha value is -1.06. The molecule has 0 unspecified atom stereocenters. The van der Waals surface area contributed by atoms with Crippen LogP contribution >= 0.6 is 24.0 Å². The van der Waals surface area contributed by atoms with E-state index in [2.05, 4.69) is 65.3 Å². The van der Waals surface area contributed by atoms with Gasteiger partial charge in [0, 0.05) is 46.9 Å². The van der Waals surface area contributed by atoms with Crippen molar-refractivity contribution in [1.82, 2.24) is 15.1 Å². The van der Waals surface area contributed by atoms with Crippen LogP contribution in [0.2, 0.25) is 0 Å². The van der Waals surface area contributed by atoms with E-state index in [1.54, 1.807) is 0 Å². The first-order valence-corrected chi connectivity index (χ1v) is 11.1. The maximum Gasteiger partial charge on any atom is 0.193 e. The molecule has 1 aromatic rings. The molecule has 0 aliphatic carbocycles. The predicted octanol–water partition coefficient (Wildman–Crippen LogP) is 3.85. The Morgan fingerprint density at radius 3 is 2.40 bits per heavy atom. The third-order valence-electron chi connectivity index (χ3n) is 5.73. The van der Waals surface area contributed by atoms with E-state index in [9.17, 15) is 0 Å². The molecule has 0 amide bonds. The predicted molar refractivity (Wildman–Crippen MR) is 136 cm³/mol. The molecule has 1 N–H and O–H groups in total. The van der Waals surface area contributed by atoms with Crippen molar-refractivity contribution in [2.75, 3.05) is 60.1 Å². The Morgan fingerprint density at radius 1 is 1.13 bits per heavy atom. The topological polar surface area (TPSA) is 49.3 Å². The fourth-order valence-electron chi connectivity index (χ4n) is 3.62. The molecular formula is C23H41IN4O2. The molecule has 0 spiro atoms. The summed E-state index contributed by atoms with van der Waals surface area (Å²) in [5.41, 5.74) is 1.22. The van der Waals surface area contributed by atoms with Crippen molar-refractivity contribution in [1.29, 1.82) is 0 Å². The minimum Gasteiger partial charge on any atom is -0.492 e. The van der Waals surface area contributed by atoms with E-state index < -0.39 is 0 Å². The van der Waals surface area contributed by atoms with Crippen LogP contribution in [0.3, 0.4) is 0 Å². The SMILES string of the molecule is CCN(CC)CCOc1ccc(CNC(=NC)N(C)CCC2CCOCC2)cc1.I. The number of nitrogens with zero attached hydrogens (tertiary/aromatic N) is 3. The Morgan fingerprint density at radius 2 is 1.80 bits per heavy atom. The summed E-state index contributed by atoms with van der Waals surface area (Å²) < 4.78 is 11.3. The number of halogens is 1. The second-order valence-electron chi connectivity index (χ2n) is 7.69. The van der Waals surface area contributed by atoms with Gasteiger partial charge in [0.05, 0.1) is 0 Å². The molecule has 0 bridgehead atoms. The normalized spacial score (nSPS) is 15.0. The maximum atomic E-state index is 5.87. The van der Waals surface area contributed by atoms with Crippen LogP contribution in [0, 0.1) is 5.92 Å². The summed E-state index contributed by atoms with van der Waals surface area (Å²) in [5.74, 6) is 2.65. The smallest absolute Gasteiger partial charge is 0.193 e. The number of benzene rings is 1. The number of ether oxygens (including phenoxy) is 2. The first kappa shape index (κ1) is 27.0. The molecule has 7 heteroatoms. The standard InChI is InChI=1S/C23H40N4O2.HI/c1-5-27(6-2)15-18-29-22-9-7-21(8-10-22)19-25-23(24-3)26(4)14-11-20-12-16-28-17-13-20;/h7-10,20H,5-6,11-19H2,1-4H3,(H,24,25);1H. The monoisotopic (exact) mass is 532 g/mol. The van der Waals surface area contributed by atoms with Gasteiger partial charge in [-0.3, -0.25) is 4.99 Å². The first-order valence-electron chi connectivity index (χ1n) is 11.1. The minimum absolute atomic E-state index is 0. The van der Waals surface area contributed by atoms with Crippen LogP contribution in [-0.2, 0) is 11.3 Å². The van der Waals surface area contributed by atoms with Gasteiger partial charge in [0.25, 0.3) is 0 Å². The van der Waals surface area contributed by atoms with E-state index in [-0.39, 0.29) is 24.0 Å². The van der Waals surface area contributed by atoms with Gasteiger partial charge in [-0.15, -0.1) is 24.0 Å². The van der Waals surface area contributed by atoms with E-state index in [1.807, 2.05) is 7.05 Å². The van der Waals surface area contributed by atoms with Crippen molar-refractivity contribution in [3.63, 3.8) is 0 Å². The van der Waals surface area contributed by atoms with Crippen molar-refractivity contribution < 1.29 is 9.47 Å². The number of guanidine groups is 1. The Bertz CT molecular complexity index is 587. The van der Waals surface area contributed by atoms with Gasteiger partial charge < -0.3 is 24.6 Å². The molecule has 30 heavy (non-hydrogen) atoms. The quantitative estimate of drug-likeness (QED) is 0.267.